The molecule has 1 amide bonds. The van der Waals surface area contributed by atoms with Crippen LogP contribution in [0, 0.1) is 27.9 Å². The third-order valence-corrected chi connectivity index (χ3v) is 5.31. The highest BCUT2D eigenvalue weighted by atomic mass is 127. The van der Waals surface area contributed by atoms with Gasteiger partial charge in [-0.15, -0.1) is 0 Å². The molecule has 0 aromatic heterocycles. The number of hydrogen-bond donors (Lipinski definition) is 2. The molecular weight excluding hydrogens is 546 g/mol. The van der Waals surface area contributed by atoms with Gasteiger partial charge in [-0.25, -0.2) is 5.43 Å². The lowest BCUT2D eigenvalue weighted by atomic mass is 10.1. The molecule has 2 aromatic rings. The van der Waals surface area contributed by atoms with Crippen LogP contribution in [0.15, 0.2) is 29.4 Å². The van der Waals surface area contributed by atoms with Crippen LogP contribution in [0.3, 0.4) is 0 Å². The number of nitrogens with one attached hydrogen (secondary N) is 1. The van der Waals surface area contributed by atoms with Crippen molar-refractivity contribution in [1.29, 1.82) is 0 Å². The van der Waals surface area contributed by atoms with Gasteiger partial charge in [-0.3, -0.25) is 4.79 Å². The van der Waals surface area contributed by atoms with Crippen LogP contribution in [0.25, 0.3) is 0 Å². The van der Waals surface area contributed by atoms with Crippen molar-refractivity contribution in [3.8, 4) is 11.5 Å². The molecule has 0 saturated heterocycles. The molecule has 25 heavy (non-hydrogen) atoms. The molecule has 0 heterocycles. The van der Waals surface area contributed by atoms with Gasteiger partial charge in [-0.1, -0.05) is 12.1 Å². The van der Waals surface area contributed by atoms with Crippen molar-refractivity contribution in [3.63, 3.8) is 0 Å². The molecule has 0 unspecified atom stereocenters. The minimum atomic E-state index is -0.334. The molecule has 0 fully saturated rings. The molecule has 2 aromatic carbocycles. The molecule has 132 valence electrons. The van der Waals surface area contributed by atoms with Crippen molar-refractivity contribution in [2.45, 2.75) is 20.8 Å². The standard InChI is InChI=1S/C18H18I2N2O3/c1-10-4-5-11(2)18(12(10)3)25-9-16(23)22-21-8-13-6-14(19)17(24)15(20)7-13/h4-8,24H,9H2,1-3H3,(H,22,23). The van der Waals surface area contributed by atoms with Crippen LogP contribution in [-0.4, -0.2) is 23.8 Å². The summed E-state index contributed by atoms with van der Waals surface area (Å²) in [5.41, 5.74) is 6.38. The van der Waals surface area contributed by atoms with Crippen molar-refractivity contribution < 1.29 is 14.6 Å². The molecule has 5 nitrogen and oxygen atoms in total. The van der Waals surface area contributed by atoms with Gasteiger partial charge in [0.25, 0.3) is 5.91 Å². The van der Waals surface area contributed by atoms with E-state index in [-0.39, 0.29) is 18.3 Å². The minimum Gasteiger partial charge on any atom is -0.506 e. The number of carbonyl (C=O) groups is 1. The van der Waals surface area contributed by atoms with E-state index in [2.05, 4.69) is 10.5 Å². The maximum atomic E-state index is 11.9. The van der Waals surface area contributed by atoms with Gasteiger partial charge in [-0.05, 0) is 100 Å². The largest absolute Gasteiger partial charge is 0.506 e. The van der Waals surface area contributed by atoms with Crippen molar-refractivity contribution in [2.75, 3.05) is 6.61 Å². The first-order valence-electron chi connectivity index (χ1n) is 7.49. The second-order valence-corrected chi connectivity index (χ2v) is 7.89. The van der Waals surface area contributed by atoms with Gasteiger partial charge in [0.2, 0.25) is 0 Å². The Balaban J connectivity index is 1.94. The number of ether oxygens (including phenoxy) is 1. The lowest BCUT2D eigenvalue weighted by Crippen LogP contribution is -2.25. The second-order valence-electron chi connectivity index (χ2n) is 5.57. The number of benzene rings is 2. The van der Waals surface area contributed by atoms with E-state index in [1.807, 2.05) is 78.1 Å². The third kappa shape index (κ3) is 5.30. The highest BCUT2D eigenvalue weighted by Crippen LogP contribution is 2.27. The average Bonchev–Trinajstić information content (AvgIpc) is 2.56. The number of aryl methyl sites for hydroxylation is 2. The summed E-state index contributed by atoms with van der Waals surface area (Å²) in [6.07, 6.45) is 1.53. The Hall–Kier alpha value is -1.36. The van der Waals surface area contributed by atoms with Crippen LogP contribution >= 0.6 is 45.2 Å². The van der Waals surface area contributed by atoms with E-state index in [1.165, 1.54) is 6.21 Å². The summed E-state index contributed by atoms with van der Waals surface area (Å²) >= 11 is 4.09. The highest BCUT2D eigenvalue weighted by molar-refractivity contribution is 14.1. The SMILES string of the molecule is Cc1ccc(C)c(OCC(=O)NN=Cc2cc(I)c(O)c(I)c2)c1C. The Labute approximate surface area is 174 Å². The summed E-state index contributed by atoms with van der Waals surface area (Å²) in [5, 5.41) is 13.7. The van der Waals surface area contributed by atoms with Crippen molar-refractivity contribution in [1.82, 2.24) is 5.43 Å². The van der Waals surface area contributed by atoms with Crippen LogP contribution in [0.1, 0.15) is 22.3 Å². The molecule has 0 spiro atoms. The van der Waals surface area contributed by atoms with Crippen LogP contribution in [0.5, 0.6) is 11.5 Å². The molecular formula is C18H18I2N2O3. The highest BCUT2D eigenvalue weighted by Gasteiger charge is 2.09. The number of amides is 1. The molecule has 0 aliphatic rings. The maximum absolute atomic E-state index is 11.9. The van der Waals surface area contributed by atoms with Gasteiger partial charge in [-0.2, -0.15) is 5.10 Å². The normalized spacial score (nSPS) is 10.9. The molecule has 0 aliphatic heterocycles. The summed E-state index contributed by atoms with van der Waals surface area (Å²) < 4.78 is 7.10. The fourth-order valence-electron chi connectivity index (χ4n) is 2.16. The predicted molar refractivity (Wildman–Crippen MR) is 115 cm³/mol. The van der Waals surface area contributed by atoms with Crippen LogP contribution in [-0.2, 0) is 4.79 Å². The van der Waals surface area contributed by atoms with E-state index in [0.717, 1.165) is 35.1 Å². The molecule has 0 atom stereocenters. The Morgan fingerprint density at radius 1 is 1.20 bits per heavy atom. The van der Waals surface area contributed by atoms with Gasteiger partial charge >= 0.3 is 0 Å². The Morgan fingerprint density at radius 3 is 2.44 bits per heavy atom. The third-order valence-electron chi connectivity index (χ3n) is 3.66. The van der Waals surface area contributed by atoms with Crippen molar-refractivity contribution in [3.05, 3.63) is 53.7 Å². The molecule has 0 aliphatic carbocycles. The first-order chi connectivity index (χ1) is 11.8. The first kappa shape index (κ1) is 20.0. The minimum absolute atomic E-state index is 0.104. The van der Waals surface area contributed by atoms with E-state index < -0.39 is 0 Å². The zero-order valence-electron chi connectivity index (χ0n) is 14.1. The molecule has 0 saturated carbocycles. The summed E-state index contributed by atoms with van der Waals surface area (Å²) in [4.78, 5) is 11.9. The molecule has 0 radical (unpaired) electrons. The van der Waals surface area contributed by atoms with E-state index in [1.54, 1.807) is 12.1 Å². The smallest absolute Gasteiger partial charge is 0.277 e. The molecule has 0 bridgehead atoms. The quantitative estimate of drug-likeness (QED) is 0.327. The summed E-state index contributed by atoms with van der Waals surface area (Å²) in [6, 6.07) is 7.57. The van der Waals surface area contributed by atoms with Gasteiger partial charge in [0, 0.05) is 0 Å². The van der Waals surface area contributed by atoms with Gasteiger partial charge in [0.1, 0.15) is 11.5 Å². The fraction of sp³-hybridized carbons (Fsp3) is 0.222. The number of hydrogen-bond acceptors (Lipinski definition) is 4. The van der Waals surface area contributed by atoms with Crippen LogP contribution in [0.2, 0.25) is 0 Å². The number of phenols is 1. The number of aromatic hydroxyl groups is 1. The number of hydrazone groups is 1. The lowest BCUT2D eigenvalue weighted by Gasteiger charge is -2.13. The predicted octanol–water partition coefficient (Wildman–Crippen LogP) is 4.06. The van der Waals surface area contributed by atoms with E-state index in [9.17, 15) is 9.90 Å². The Kier molecular flexibility index (Phi) is 7.05. The zero-order chi connectivity index (χ0) is 18.6. The maximum Gasteiger partial charge on any atom is 0.277 e. The number of halogens is 2. The number of phenolic OH excluding ortho intramolecular Hbond substituents is 1. The monoisotopic (exact) mass is 564 g/mol. The number of nitrogens with zero attached hydrogens (tertiary/aromatic N) is 1. The molecule has 7 heteroatoms. The summed E-state index contributed by atoms with van der Waals surface area (Å²) in [7, 11) is 0. The van der Waals surface area contributed by atoms with E-state index in [0.29, 0.717) is 0 Å². The van der Waals surface area contributed by atoms with Crippen molar-refractivity contribution >= 4 is 57.3 Å². The topological polar surface area (TPSA) is 70.9 Å². The van der Waals surface area contributed by atoms with Gasteiger partial charge < -0.3 is 9.84 Å². The lowest BCUT2D eigenvalue weighted by molar-refractivity contribution is -0.123. The van der Waals surface area contributed by atoms with Gasteiger partial charge in [0.05, 0.1) is 13.4 Å². The summed E-state index contributed by atoms with van der Waals surface area (Å²) in [6.45, 7) is 5.83. The average molecular weight is 564 g/mol. The van der Waals surface area contributed by atoms with E-state index in [4.69, 9.17) is 4.74 Å². The fourth-order valence-corrected chi connectivity index (χ4v) is 3.97. The van der Waals surface area contributed by atoms with Crippen LogP contribution < -0.4 is 10.2 Å². The Morgan fingerprint density at radius 2 is 1.80 bits per heavy atom. The molecule has 2 N–H and O–H groups in total. The van der Waals surface area contributed by atoms with E-state index >= 15 is 0 Å². The zero-order valence-corrected chi connectivity index (χ0v) is 18.4. The van der Waals surface area contributed by atoms with Gasteiger partial charge in [0.15, 0.2) is 6.61 Å². The van der Waals surface area contributed by atoms with Crippen molar-refractivity contribution in [2.24, 2.45) is 5.10 Å². The Bertz CT molecular complexity index is 812. The van der Waals surface area contributed by atoms with Crippen LogP contribution in [0.4, 0.5) is 0 Å². The summed E-state index contributed by atoms with van der Waals surface area (Å²) in [5.74, 6) is 0.654. The first-order valence-corrected chi connectivity index (χ1v) is 9.65. The molecule has 2 rings (SSSR count). The number of rotatable bonds is 5. The second kappa shape index (κ2) is 8.84. The number of carbonyl (C=O) groups excluding carboxylic acids is 1.